The normalized spacial score (nSPS) is 18.9. The fourth-order valence-corrected chi connectivity index (χ4v) is 2.36. The highest BCUT2D eigenvalue weighted by Gasteiger charge is 2.30. The number of nitrogens with one attached hydrogen (secondary N) is 1. The number of hydrogen-bond donors (Lipinski definition) is 1. The molecule has 1 N–H and O–H groups in total. The van der Waals surface area contributed by atoms with Gasteiger partial charge in [-0.15, -0.1) is 11.6 Å². The first-order chi connectivity index (χ1) is 7.69. The van der Waals surface area contributed by atoms with Crippen LogP contribution in [-0.2, 0) is 9.53 Å². The average Bonchev–Trinajstić information content (AvgIpc) is 2.35. The van der Waals surface area contributed by atoms with Crippen molar-refractivity contribution in [2.45, 2.75) is 38.1 Å². The number of rotatable bonds is 4. The summed E-state index contributed by atoms with van der Waals surface area (Å²) in [6.45, 7) is 0. The fourth-order valence-electron chi connectivity index (χ4n) is 2.20. The highest BCUT2D eigenvalue weighted by molar-refractivity contribution is 6.28. The zero-order valence-electron chi connectivity index (χ0n) is 9.50. The zero-order chi connectivity index (χ0) is 12.0. The Morgan fingerprint density at radius 3 is 2.50 bits per heavy atom. The molecular weight excluding hydrogens is 230 g/mol. The number of alkyl halides is 1. The van der Waals surface area contributed by atoms with Crippen molar-refractivity contribution in [3.8, 4) is 0 Å². The van der Waals surface area contributed by atoms with E-state index < -0.39 is 12.1 Å². The average molecular weight is 248 g/mol. The molecule has 0 radical (unpaired) electrons. The van der Waals surface area contributed by atoms with Gasteiger partial charge in [-0.05, 0) is 18.8 Å². The van der Waals surface area contributed by atoms with E-state index >= 15 is 0 Å². The summed E-state index contributed by atoms with van der Waals surface area (Å²) in [5, 5.41) is 2.59. The van der Waals surface area contributed by atoms with E-state index in [1.165, 1.54) is 13.5 Å². The van der Waals surface area contributed by atoms with Gasteiger partial charge in [0.25, 0.3) is 0 Å². The first-order valence-corrected chi connectivity index (χ1v) is 6.15. The van der Waals surface area contributed by atoms with Crippen LogP contribution < -0.4 is 5.32 Å². The molecule has 1 amide bonds. The van der Waals surface area contributed by atoms with Gasteiger partial charge in [0.15, 0.2) is 5.78 Å². The maximum atomic E-state index is 11.7. The van der Waals surface area contributed by atoms with Gasteiger partial charge < -0.3 is 10.1 Å². The molecule has 0 spiro atoms. The Hall–Kier alpha value is -0.770. The monoisotopic (exact) mass is 247 g/mol. The summed E-state index contributed by atoms with van der Waals surface area (Å²) in [6.07, 6.45) is 4.80. The third-order valence-electron chi connectivity index (χ3n) is 3.06. The maximum absolute atomic E-state index is 11.7. The van der Waals surface area contributed by atoms with Gasteiger partial charge in [0.2, 0.25) is 0 Å². The van der Waals surface area contributed by atoms with Crippen LogP contribution in [0.1, 0.15) is 32.1 Å². The number of ketones is 1. The zero-order valence-corrected chi connectivity index (χ0v) is 10.3. The Kier molecular flexibility index (Phi) is 5.60. The van der Waals surface area contributed by atoms with E-state index in [0.717, 1.165) is 25.7 Å². The number of ether oxygens (including phenoxy) is 1. The van der Waals surface area contributed by atoms with Crippen molar-refractivity contribution >= 4 is 23.5 Å². The number of Topliss-reactive ketones (excluding diaryl/α,β-unsaturated/α-hetero) is 1. The Morgan fingerprint density at radius 2 is 2.00 bits per heavy atom. The van der Waals surface area contributed by atoms with Crippen LogP contribution in [0.15, 0.2) is 0 Å². The predicted octanol–water partition coefficient (Wildman–Crippen LogP) is 2.10. The van der Waals surface area contributed by atoms with Gasteiger partial charge in [-0.1, -0.05) is 19.3 Å². The first kappa shape index (κ1) is 13.3. The summed E-state index contributed by atoms with van der Waals surface area (Å²) in [5.74, 6) is 0.0172. The van der Waals surface area contributed by atoms with Crippen LogP contribution in [-0.4, -0.2) is 30.9 Å². The number of hydrogen-bond acceptors (Lipinski definition) is 3. The predicted molar refractivity (Wildman–Crippen MR) is 61.6 cm³/mol. The summed E-state index contributed by atoms with van der Waals surface area (Å²) in [5.41, 5.74) is 0. The summed E-state index contributed by atoms with van der Waals surface area (Å²) < 4.78 is 4.52. The van der Waals surface area contributed by atoms with Crippen LogP contribution in [0, 0.1) is 5.92 Å². The van der Waals surface area contributed by atoms with Gasteiger partial charge >= 0.3 is 6.09 Å². The third kappa shape index (κ3) is 3.67. The highest BCUT2D eigenvalue weighted by atomic mass is 35.5. The van der Waals surface area contributed by atoms with Crippen molar-refractivity contribution in [1.29, 1.82) is 0 Å². The Balaban J connectivity index is 2.61. The van der Waals surface area contributed by atoms with Gasteiger partial charge in [0.1, 0.15) is 0 Å². The SMILES string of the molecule is COC(=O)NC(C(=O)CCl)C1CCCCC1. The minimum Gasteiger partial charge on any atom is -0.453 e. The maximum Gasteiger partial charge on any atom is 0.407 e. The molecular formula is C11H18ClNO3. The van der Waals surface area contributed by atoms with Gasteiger partial charge in [-0.2, -0.15) is 0 Å². The van der Waals surface area contributed by atoms with Crippen LogP contribution in [0.3, 0.4) is 0 Å². The second-order valence-electron chi connectivity index (χ2n) is 4.11. The third-order valence-corrected chi connectivity index (χ3v) is 3.32. The quantitative estimate of drug-likeness (QED) is 0.774. The minimum atomic E-state index is -0.561. The molecule has 1 aliphatic carbocycles. The standard InChI is InChI=1S/C11H18ClNO3/c1-16-11(15)13-10(9(14)7-12)8-5-3-2-4-6-8/h8,10H,2-7H2,1H3,(H,13,15). The van der Waals surface area contributed by atoms with Crippen LogP contribution in [0.5, 0.6) is 0 Å². The number of halogens is 1. The molecule has 16 heavy (non-hydrogen) atoms. The van der Waals surface area contributed by atoms with Crippen LogP contribution in [0.2, 0.25) is 0 Å². The van der Waals surface area contributed by atoms with Crippen LogP contribution in [0.25, 0.3) is 0 Å². The van der Waals surface area contributed by atoms with Crippen LogP contribution >= 0.6 is 11.6 Å². The molecule has 92 valence electrons. The topological polar surface area (TPSA) is 55.4 Å². The molecule has 0 heterocycles. The molecule has 1 rings (SSSR count). The van der Waals surface area contributed by atoms with E-state index in [9.17, 15) is 9.59 Å². The minimum absolute atomic E-state index is 0.0643. The molecule has 1 unspecified atom stereocenters. The molecule has 0 aliphatic heterocycles. The lowest BCUT2D eigenvalue weighted by molar-refractivity contribution is -0.120. The van der Waals surface area contributed by atoms with Gasteiger partial charge in [0, 0.05) is 0 Å². The summed E-state index contributed by atoms with van der Waals surface area (Å²) in [4.78, 5) is 22.8. The largest absolute Gasteiger partial charge is 0.453 e. The van der Waals surface area contributed by atoms with Crippen molar-refractivity contribution in [2.75, 3.05) is 13.0 Å². The van der Waals surface area contributed by atoms with Gasteiger partial charge in [-0.25, -0.2) is 4.79 Å². The molecule has 1 saturated carbocycles. The smallest absolute Gasteiger partial charge is 0.407 e. The van der Waals surface area contributed by atoms with Crippen molar-refractivity contribution < 1.29 is 14.3 Å². The number of carbonyl (C=O) groups excluding carboxylic acids is 2. The molecule has 0 aromatic rings. The van der Waals surface area contributed by atoms with E-state index in [1.54, 1.807) is 0 Å². The molecule has 0 aromatic carbocycles. The van der Waals surface area contributed by atoms with Crippen molar-refractivity contribution in [2.24, 2.45) is 5.92 Å². The number of methoxy groups -OCH3 is 1. The van der Waals surface area contributed by atoms with Gasteiger partial charge in [0.05, 0.1) is 19.0 Å². The van der Waals surface area contributed by atoms with Crippen LogP contribution in [0.4, 0.5) is 4.79 Å². The second-order valence-corrected chi connectivity index (χ2v) is 4.38. The molecule has 0 saturated heterocycles. The van der Waals surface area contributed by atoms with Crippen molar-refractivity contribution in [3.63, 3.8) is 0 Å². The number of carbonyl (C=O) groups is 2. The summed E-state index contributed by atoms with van der Waals surface area (Å²) >= 11 is 5.55. The number of amides is 1. The van der Waals surface area contributed by atoms with E-state index in [0.29, 0.717) is 0 Å². The molecule has 1 fully saturated rings. The lowest BCUT2D eigenvalue weighted by atomic mass is 9.82. The van der Waals surface area contributed by atoms with Crippen molar-refractivity contribution in [3.05, 3.63) is 0 Å². The van der Waals surface area contributed by atoms with E-state index in [-0.39, 0.29) is 17.6 Å². The van der Waals surface area contributed by atoms with E-state index in [1.807, 2.05) is 0 Å². The molecule has 0 bridgehead atoms. The molecule has 0 aromatic heterocycles. The first-order valence-electron chi connectivity index (χ1n) is 5.62. The van der Waals surface area contributed by atoms with E-state index in [4.69, 9.17) is 11.6 Å². The van der Waals surface area contributed by atoms with Gasteiger partial charge in [-0.3, -0.25) is 4.79 Å². The Morgan fingerprint density at radius 1 is 1.38 bits per heavy atom. The summed E-state index contributed by atoms with van der Waals surface area (Å²) in [6, 6.07) is -0.481. The lowest BCUT2D eigenvalue weighted by Crippen LogP contribution is -2.47. The lowest BCUT2D eigenvalue weighted by Gasteiger charge is -2.29. The Bertz CT molecular complexity index is 252. The molecule has 5 heteroatoms. The fraction of sp³-hybridized carbons (Fsp3) is 0.818. The van der Waals surface area contributed by atoms with Crippen molar-refractivity contribution in [1.82, 2.24) is 5.32 Å². The summed E-state index contributed by atoms with van der Waals surface area (Å²) in [7, 11) is 1.29. The number of alkyl carbamates (subject to hydrolysis) is 1. The Labute approximate surface area is 101 Å². The second kappa shape index (κ2) is 6.74. The van der Waals surface area contributed by atoms with E-state index in [2.05, 4.69) is 10.1 Å². The molecule has 4 nitrogen and oxygen atoms in total. The molecule has 1 atom stereocenters. The highest BCUT2D eigenvalue weighted by Crippen LogP contribution is 2.27. The molecule has 1 aliphatic rings.